The minimum Gasteiger partial charge on any atom is -0.281 e. The van der Waals surface area contributed by atoms with Gasteiger partial charge in [-0.25, -0.2) is 23.1 Å². The quantitative estimate of drug-likeness (QED) is 0.601. The summed E-state index contributed by atoms with van der Waals surface area (Å²) >= 11 is 0. The van der Waals surface area contributed by atoms with Crippen LogP contribution in [0.1, 0.15) is 69.7 Å². The van der Waals surface area contributed by atoms with Gasteiger partial charge in [0.15, 0.2) is 11.6 Å². The first kappa shape index (κ1) is 21.3. The molecule has 0 N–H and O–H groups in total. The molecule has 1 aromatic carbocycles. The van der Waals surface area contributed by atoms with Gasteiger partial charge in [0.25, 0.3) is 0 Å². The Morgan fingerprint density at radius 2 is 1.69 bits per heavy atom. The Kier molecular flexibility index (Phi) is 6.55. The molecule has 2 aromatic rings. The van der Waals surface area contributed by atoms with Crippen molar-refractivity contribution in [2.24, 2.45) is 0 Å². The SMILES string of the molecule is CCC(CC)c1nc(N2CCCCCC2=O)nc(C)c1-c1cc(F)c(F)cc1F. The fourth-order valence-electron chi connectivity index (χ4n) is 3.91. The molecule has 1 amide bonds. The molecule has 0 atom stereocenters. The third kappa shape index (κ3) is 4.28. The molecule has 7 heteroatoms. The Hall–Kier alpha value is -2.44. The van der Waals surface area contributed by atoms with Gasteiger partial charge in [-0.15, -0.1) is 0 Å². The fraction of sp³-hybridized carbons (Fsp3) is 0.500. The first-order valence-electron chi connectivity index (χ1n) is 10.2. The number of anilines is 1. The molecule has 0 spiro atoms. The number of carbonyl (C=O) groups is 1. The standard InChI is InChI=1S/C22H26F3N3O/c1-4-14(5-2)21-20(15-11-17(24)18(25)12-16(15)23)13(3)26-22(27-21)28-10-8-6-7-9-19(28)29/h11-12,14H,4-10H2,1-3H3. The van der Waals surface area contributed by atoms with Crippen molar-refractivity contribution >= 4 is 11.9 Å². The van der Waals surface area contributed by atoms with E-state index in [0.29, 0.717) is 41.9 Å². The van der Waals surface area contributed by atoms with Crippen LogP contribution >= 0.6 is 0 Å². The summed E-state index contributed by atoms with van der Waals surface area (Å²) in [4.78, 5) is 23.3. The van der Waals surface area contributed by atoms with E-state index in [9.17, 15) is 18.0 Å². The van der Waals surface area contributed by atoms with Crippen molar-refractivity contribution in [2.75, 3.05) is 11.4 Å². The second-order valence-electron chi connectivity index (χ2n) is 7.48. The highest BCUT2D eigenvalue weighted by Crippen LogP contribution is 2.37. The van der Waals surface area contributed by atoms with Crippen LogP contribution in [0.5, 0.6) is 0 Å². The van der Waals surface area contributed by atoms with E-state index in [1.54, 1.807) is 11.8 Å². The topological polar surface area (TPSA) is 46.1 Å². The molecule has 156 valence electrons. The summed E-state index contributed by atoms with van der Waals surface area (Å²) in [7, 11) is 0. The zero-order valence-electron chi connectivity index (χ0n) is 17.1. The lowest BCUT2D eigenvalue weighted by Gasteiger charge is -2.24. The molecule has 3 rings (SSSR count). The van der Waals surface area contributed by atoms with Gasteiger partial charge >= 0.3 is 0 Å². The lowest BCUT2D eigenvalue weighted by molar-refractivity contribution is -0.118. The minimum atomic E-state index is -1.24. The van der Waals surface area contributed by atoms with E-state index in [0.717, 1.165) is 38.2 Å². The Balaban J connectivity index is 2.21. The van der Waals surface area contributed by atoms with Gasteiger partial charge in [-0.05, 0) is 38.7 Å². The summed E-state index contributed by atoms with van der Waals surface area (Å²) in [6.45, 7) is 6.22. The number of aromatic nitrogens is 2. The fourth-order valence-corrected chi connectivity index (χ4v) is 3.91. The number of nitrogens with zero attached hydrogens (tertiary/aromatic N) is 3. The Morgan fingerprint density at radius 1 is 1.00 bits per heavy atom. The van der Waals surface area contributed by atoms with E-state index < -0.39 is 17.5 Å². The number of halogens is 3. The number of amides is 1. The Bertz CT molecular complexity index is 913. The molecule has 1 aliphatic heterocycles. The normalized spacial score (nSPS) is 15.1. The summed E-state index contributed by atoms with van der Waals surface area (Å²) in [5, 5.41) is 0. The largest absolute Gasteiger partial charge is 0.281 e. The van der Waals surface area contributed by atoms with Gasteiger partial charge in [0.05, 0.1) is 11.4 Å². The second-order valence-corrected chi connectivity index (χ2v) is 7.48. The predicted molar refractivity (Wildman–Crippen MR) is 106 cm³/mol. The van der Waals surface area contributed by atoms with Crippen molar-refractivity contribution in [2.45, 2.75) is 65.2 Å². The highest BCUT2D eigenvalue weighted by Gasteiger charge is 2.27. The third-order valence-electron chi connectivity index (χ3n) is 5.57. The van der Waals surface area contributed by atoms with Gasteiger partial charge in [0.1, 0.15) is 5.82 Å². The highest BCUT2D eigenvalue weighted by molar-refractivity contribution is 5.92. The van der Waals surface area contributed by atoms with Gasteiger partial charge in [-0.3, -0.25) is 9.69 Å². The number of rotatable bonds is 5. The summed E-state index contributed by atoms with van der Waals surface area (Å²) in [5.74, 6) is -2.96. The van der Waals surface area contributed by atoms with Crippen LogP contribution in [0.4, 0.5) is 19.1 Å². The summed E-state index contributed by atoms with van der Waals surface area (Å²) < 4.78 is 42.0. The van der Waals surface area contributed by atoms with Crippen molar-refractivity contribution in [3.63, 3.8) is 0 Å². The molecule has 0 radical (unpaired) electrons. The van der Waals surface area contributed by atoms with E-state index in [-0.39, 0.29) is 17.4 Å². The van der Waals surface area contributed by atoms with Crippen LogP contribution in [0, 0.1) is 24.4 Å². The average Bonchev–Trinajstić information content (AvgIpc) is 2.90. The molecule has 1 aliphatic rings. The maximum Gasteiger partial charge on any atom is 0.232 e. The first-order chi connectivity index (χ1) is 13.9. The smallest absolute Gasteiger partial charge is 0.232 e. The van der Waals surface area contributed by atoms with E-state index in [2.05, 4.69) is 9.97 Å². The highest BCUT2D eigenvalue weighted by atomic mass is 19.2. The van der Waals surface area contributed by atoms with Gasteiger partial charge in [-0.2, -0.15) is 0 Å². The summed E-state index contributed by atoms with van der Waals surface area (Å²) in [6.07, 6.45) is 4.60. The molecule has 0 aliphatic carbocycles. The average molecular weight is 405 g/mol. The Labute approximate surface area is 169 Å². The third-order valence-corrected chi connectivity index (χ3v) is 5.57. The molecule has 1 aromatic heterocycles. The van der Waals surface area contributed by atoms with Crippen LogP contribution < -0.4 is 4.90 Å². The molecule has 0 unspecified atom stereocenters. The van der Waals surface area contributed by atoms with Gasteiger partial charge in [0, 0.05) is 36.1 Å². The molecular formula is C22H26F3N3O. The van der Waals surface area contributed by atoms with Crippen molar-refractivity contribution in [3.8, 4) is 11.1 Å². The van der Waals surface area contributed by atoms with Crippen LogP contribution in [-0.4, -0.2) is 22.4 Å². The molecule has 29 heavy (non-hydrogen) atoms. The van der Waals surface area contributed by atoms with Crippen molar-refractivity contribution < 1.29 is 18.0 Å². The lowest BCUT2D eigenvalue weighted by atomic mass is 9.90. The number of hydrogen-bond acceptors (Lipinski definition) is 3. The van der Waals surface area contributed by atoms with Crippen LogP contribution in [0.2, 0.25) is 0 Å². The lowest BCUT2D eigenvalue weighted by Crippen LogP contribution is -2.32. The molecule has 2 heterocycles. The van der Waals surface area contributed by atoms with E-state index >= 15 is 0 Å². The number of carbonyl (C=O) groups excluding carboxylic acids is 1. The van der Waals surface area contributed by atoms with E-state index in [1.807, 2.05) is 13.8 Å². The second kappa shape index (κ2) is 8.93. The molecule has 0 bridgehead atoms. The van der Waals surface area contributed by atoms with Crippen molar-refractivity contribution in [3.05, 3.63) is 41.0 Å². The maximum absolute atomic E-state index is 14.6. The van der Waals surface area contributed by atoms with Crippen LogP contribution in [0.15, 0.2) is 12.1 Å². The summed E-state index contributed by atoms with van der Waals surface area (Å²) in [6, 6.07) is 1.41. The van der Waals surface area contributed by atoms with Crippen LogP contribution in [-0.2, 0) is 4.79 Å². The van der Waals surface area contributed by atoms with Gasteiger partial charge < -0.3 is 0 Å². The monoisotopic (exact) mass is 405 g/mol. The van der Waals surface area contributed by atoms with Gasteiger partial charge in [-0.1, -0.05) is 20.3 Å². The molecular weight excluding hydrogens is 379 g/mol. The maximum atomic E-state index is 14.6. The molecule has 4 nitrogen and oxygen atoms in total. The number of aryl methyl sites for hydroxylation is 1. The van der Waals surface area contributed by atoms with Crippen molar-refractivity contribution in [1.29, 1.82) is 0 Å². The number of benzene rings is 1. The van der Waals surface area contributed by atoms with E-state index in [1.165, 1.54) is 0 Å². The molecule has 0 saturated carbocycles. The van der Waals surface area contributed by atoms with E-state index in [4.69, 9.17) is 0 Å². The van der Waals surface area contributed by atoms with Crippen molar-refractivity contribution in [1.82, 2.24) is 9.97 Å². The van der Waals surface area contributed by atoms with Gasteiger partial charge in [0.2, 0.25) is 11.9 Å². The van der Waals surface area contributed by atoms with Crippen LogP contribution in [0.25, 0.3) is 11.1 Å². The minimum absolute atomic E-state index is 0.0239. The molecule has 1 fully saturated rings. The molecule has 1 saturated heterocycles. The predicted octanol–water partition coefficient (Wildman–Crippen LogP) is 5.68. The summed E-state index contributed by atoms with van der Waals surface area (Å²) in [5.41, 5.74) is 1.33. The zero-order valence-corrected chi connectivity index (χ0v) is 17.1. The van der Waals surface area contributed by atoms with Crippen LogP contribution in [0.3, 0.4) is 0 Å². The first-order valence-corrected chi connectivity index (χ1v) is 10.2. The number of hydrogen-bond donors (Lipinski definition) is 0. The zero-order chi connectivity index (χ0) is 21.1. The Morgan fingerprint density at radius 3 is 2.38 bits per heavy atom.